The number of carbonyl (C=O) groups is 2. The molecule has 0 saturated heterocycles. The van der Waals surface area contributed by atoms with Crippen molar-refractivity contribution in [1.82, 2.24) is 10.7 Å². The standard InChI is InChI=1S/C30H34ClN3O5/c1-20(2)15-25(33-29(35)19-39-26-12-8-5-9-21(26)3)30(36)34-32-17-22-13-14-27(28(16-22)37-4)38-18-23-10-6-7-11-24(23)31/h5-14,16-17,20,25H,15,18-19H2,1-4H3,(H,33,35)(H,34,36)/b32-17-/t25-/m0/s1. The van der Waals surface area contributed by atoms with E-state index in [4.69, 9.17) is 25.8 Å². The lowest BCUT2D eigenvalue weighted by atomic mass is 10.0. The number of hydrogen-bond donors (Lipinski definition) is 2. The Hall–Kier alpha value is -4.04. The minimum absolute atomic E-state index is 0.171. The van der Waals surface area contributed by atoms with Gasteiger partial charge in [-0.25, -0.2) is 5.43 Å². The van der Waals surface area contributed by atoms with E-state index in [1.165, 1.54) is 6.21 Å². The lowest BCUT2D eigenvalue weighted by Crippen LogP contribution is -2.47. The number of para-hydroxylation sites is 1. The van der Waals surface area contributed by atoms with E-state index >= 15 is 0 Å². The van der Waals surface area contributed by atoms with Crippen LogP contribution in [0, 0.1) is 12.8 Å². The van der Waals surface area contributed by atoms with Crippen molar-refractivity contribution in [3.05, 3.63) is 88.4 Å². The molecule has 0 saturated carbocycles. The third-order valence-electron chi connectivity index (χ3n) is 5.73. The van der Waals surface area contributed by atoms with Gasteiger partial charge in [-0.2, -0.15) is 5.10 Å². The second kappa shape index (κ2) is 14.8. The Bertz CT molecular complexity index is 1300. The summed E-state index contributed by atoms with van der Waals surface area (Å²) in [6, 6.07) is 19.4. The van der Waals surface area contributed by atoms with E-state index in [1.807, 2.05) is 63.2 Å². The first-order valence-corrected chi connectivity index (χ1v) is 13.0. The summed E-state index contributed by atoms with van der Waals surface area (Å²) in [4.78, 5) is 25.3. The summed E-state index contributed by atoms with van der Waals surface area (Å²) in [5.41, 5.74) is 4.99. The van der Waals surface area contributed by atoms with Crippen molar-refractivity contribution < 1.29 is 23.8 Å². The highest BCUT2D eigenvalue weighted by Gasteiger charge is 2.22. The zero-order valence-electron chi connectivity index (χ0n) is 22.6. The quantitative estimate of drug-likeness (QED) is 0.222. The summed E-state index contributed by atoms with van der Waals surface area (Å²) >= 11 is 6.20. The average molecular weight is 552 g/mol. The smallest absolute Gasteiger partial charge is 0.262 e. The van der Waals surface area contributed by atoms with Crippen molar-refractivity contribution in [3.8, 4) is 17.2 Å². The number of ether oxygens (including phenoxy) is 3. The lowest BCUT2D eigenvalue weighted by Gasteiger charge is -2.19. The summed E-state index contributed by atoms with van der Waals surface area (Å²) < 4.78 is 16.9. The molecule has 8 nitrogen and oxygen atoms in total. The van der Waals surface area contributed by atoms with Crippen LogP contribution in [0.3, 0.4) is 0 Å². The second-order valence-corrected chi connectivity index (χ2v) is 9.74. The topological polar surface area (TPSA) is 98.2 Å². The number of nitrogens with one attached hydrogen (secondary N) is 2. The maximum absolute atomic E-state index is 12.8. The summed E-state index contributed by atoms with van der Waals surface area (Å²) in [6.07, 6.45) is 1.94. The van der Waals surface area contributed by atoms with Gasteiger partial charge in [0.25, 0.3) is 11.8 Å². The van der Waals surface area contributed by atoms with Gasteiger partial charge in [0.1, 0.15) is 18.4 Å². The summed E-state index contributed by atoms with van der Waals surface area (Å²) in [5.74, 6) is 1.04. The Morgan fingerprint density at radius 1 is 0.974 bits per heavy atom. The third kappa shape index (κ3) is 9.33. The first-order chi connectivity index (χ1) is 18.8. The Labute approximate surface area is 234 Å². The van der Waals surface area contributed by atoms with E-state index in [0.717, 1.165) is 11.1 Å². The molecule has 0 bridgehead atoms. The van der Waals surface area contributed by atoms with Gasteiger partial charge in [0.05, 0.1) is 13.3 Å². The van der Waals surface area contributed by atoms with Gasteiger partial charge in [0.15, 0.2) is 18.1 Å². The van der Waals surface area contributed by atoms with Crippen LogP contribution in [0.1, 0.15) is 37.0 Å². The minimum Gasteiger partial charge on any atom is -0.493 e. The fourth-order valence-electron chi connectivity index (χ4n) is 3.70. The Morgan fingerprint density at radius 3 is 2.44 bits per heavy atom. The molecule has 0 fully saturated rings. The van der Waals surface area contributed by atoms with Crippen molar-refractivity contribution in [3.63, 3.8) is 0 Å². The van der Waals surface area contributed by atoms with Gasteiger partial charge in [-0.1, -0.05) is 61.8 Å². The van der Waals surface area contributed by atoms with Crippen LogP contribution in [-0.4, -0.2) is 37.8 Å². The highest BCUT2D eigenvalue weighted by molar-refractivity contribution is 6.31. The molecule has 2 N–H and O–H groups in total. The highest BCUT2D eigenvalue weighted by Crippen LogP contribution is 2.29. The van der Waals surface area contributed by atoms with Gasteiger partial charge < -0.3 is 19.5 Å². The summed E-state index contributed by atoms with van der Waals surface area (Å²) in [5, 5.41) is 7.45. The highest BCUT2D eigenvalue weighted by atomic mass is 35.5. The average Bonchev–Trinajstić information content (AvgIpc) is 2.91. The predicted molar refractivity (Wildman–Crippen MR) is 153 cm³/mol. The SMILES string of the molecule is COc1cc(/C=N\NC(=O)[C@H](CC(C)C)NC(=O)COc2ccccc2C)ccc1OCc1ccccc1Cl. The number of benzene rings is 3. The molecule has 1 atom stereocenters. The number of rotatable bonds is 13. The van der Waals surface area contributed by atoms with Crippen LogP contribution in [0.25, 0.3) is 0 Å². The summed E-state index contributed by atoms with van der Waals surface area (Å²) in [6.45, 7) is 5.94. The van der Waals surface area contributed by atoms with Crippen molar-refractivity contribution in [2.45, 2.75) is 39.8 Å². The van der Waals surface area contributed by atoms with Crippen LogP contribution >= 0.6 is 11.6 Å². The molecule has 0 aromatic heterocycles. The maximum atomic E-state index is 12.8. The van der Waals surface area contributed by atoms with Crippen molar-refractivity contribution in [2.75, 3.05) is 13.7 Å². The first kappa shape index (κ1) is 29.5. The van der Waals surface area contributed by atoms with Crippen LogP contribution in [0.5, 0.6) is 17.2 Å². The molecule has 39 heavy (non-hydrogen) atoms. The van der Waals surface area contributed by atoms with Crippen LogP contribution in [0.15, 0.2) is 71.8 Å². The zero-order chi connectivity index (χ0) is 28.2. The van der Waals surface area contributed by atoms with Gasteiger partial charge in [-0.15, -0.1) is 0 Å². The number of methoxy groups -OCH3 is 1. The van der Waals surface area contributed by atoms with Gasteiger partial charge in [-0.3, -0.25) is 9.59 Å². The fraction of sp³-hybridized carbons (Fsp3) is 0.300. The van der Waals surface area contributed by atoms with Crippen molar-refractivity contribution >= 4 is 29.6 Å². The molecular formula is C30H34ClN3O5. The number of carbonyl (C=O) groups excluding carboxylic acids is 2. The van der Waals surface area contributed by atoms with Crippen molar-refractivity contribution in [1.29, 1.82) is 0 Å². The van der Waals surface area contributed by atoms with Crippen molar-refractivity contribution in [2.24, 2.45) is 11.0 Å². The zero-order valence-corrected chi connectivity index (χ0v) is 23.3. The van der Waals surface area contributed by atoms with E-state index in [1.54, 1.807) is 31.4 Å². The number of aryl methyl sites for hydroxylation is 1. The largest absolute Gasteiger partial charge is 0.493 e. The molecule has 3 rings (SSSR count). The maximum Gasteiger partial charge on any atom is 0.262 e. The molecule has 2 amide bonds. The molecule has 0 aliphatic heterocycles. The van der Waals surface area contributed by atoms with E-state index in [9.17, 15) is 9.59 Å². The van der Waals surface area contributed by atoms with E-state index < -0.39 is 11.9 Å². The predicted octanol–water partition coefficient (Wildman–Crippen LogP) is 5.30. The van der Waals surface area contributed by atoms with Crippen LogP contribution < -0.4 is 25.0 Å². The molecule has 3 aromatic rings. The first-order valence-electron chi connectivity index (χ1n) is 12.6. The molecule has 206 valence electrons. The van der Waals surface area contributed by atoms with Crippen LogP contribution in [-0.2, 0) is 16.2 Å². The second-order valence-electron chi connectivity index (χ2n) is 9.33. The van der Waals surface area contributed by atoms with Gasteiger partial charge in [0, 0.05) is 10.6 Å². The number of hydrazone groups is 1. The van der Waals surface area contributed by atoms with E-state index in [2.05, 4.69) is 15.8 Å². The number of hydrogen-bond acceptors (Lipinski definition) is 6. The number of nitrogens with zero attached hydrogens (tertiary/aromatic N) is 1. The molecule has 0 heterocycles. The normalized spacial score (nSPS) is 11.7. The monoisotopic (exact) mass is 551 g/mol. The minimum atomic E-state index is -0.759. The van der Waals surface area contributed by atoms with Gasteiger partial charge >= 0.3 is 0 Å². The molecule has 0 spiro atoms. The van der Waals surface area contributed by atoms with E-state index in [0.29, 0.717) is 40.9 Å². The Kier molecular flexibility index (Phi) is 11.2. The molecule has 0 unspecified atom stereocenters. The van der Waals surface area contributed by atoms with Crippen LogP contribution in [0.4, 0.5) is 0 Å². The van der Waals surface area contributed by atoms with Crippen LogP contribution in [0.2, 0.25) is 5.02 Å². The Morgan fingerprint density at radius 2 is 1.72 bits per heavy atom. The number of halogens is 1. The summed E-state index contributed by atoms with van der Waals surface area (Å²) in [7, 11) is 1.54. The van der Waals surface area contributed by atoms with Gasteiger partial charge in [0.2, 0.25) is 0 Å². The van der Waals surface area contributed by atoms with Gasteiger partial charge in [-0.05, 0) is 60.7 Å². The molecule has 0 radical (unpaired) electrons. The molecule has 9 heteroatoms. The molecule has 3 aromatic carbocycles. The van der Waals surface area contributed by atoms with E-state index in [-0.39, 0.29) is 18.4 Å². The number of amides is 2. The third-order valence-corrected chi connectivity index (χ3v) is 6.10. The lowest BCUT2D eigenvalue weighted by molar-refractivity contribution is -0.130. The fourth-order valence-corrected chi connectivity index (χ4v) is 3.89. The molecular weight excluding hydrogens is 518 g/mol. The molecule has 0 aliphatic carbocycles. The Balaban J connectivity index is 1.57. The molecule has 0 aliphatic rings.